The van der Waals surface area contributed by atoms with E-state index in [0.717, 1.165) is 6.42 Å². The Morgan fingerprint density at radius 1 is 1.53 bits per heavy atom. The Morgan fingerprint density at radius 2 is 2.20 bits per heavy atom. The van der Waals surface area contributed by atoms with Gasteiger partial charge < -0.3 is 9.64 Å². The van der Waals surface area contributed by atoms with Crippen molar-refractivity contribution in [3.63, 3.8) is 0 Å². The van der Waals surface area contributed by atoms with Crippen LogP contribution < -0.4 is 5.32 Å². The summed E-state index contributed by atoms with van der Waals surface area (Å²) in [6.07, 6.45) is 1.04. The highest BCUT2D eigenvalue weighted by molar-refractivity contribution is 5.84. The fourth-order valence-corrected chi connectivity index (χ4v) is 1.98. The molecule has 0 bridgehead atoms. The smallest absolute Gasteiger partial charge is 0.241 e. The quantitative estimate of drug-likeness (QED) is 0.737. The van der Waals surface area contributed by atoms with E-state index >= 15 is 0 Å². The van der Waals surface area contributed by atoms with E-state index in [0.29, 0.717) is 19.1 Å². The predicted octanol–water partition coefficient (Wildman–Crippen LogP) is 0.825. The van der Waals surface area contributed by atoms with E-state index in [1.54, 1.807) is 7.11 Å². The summed E-state index contributed by atoms with van der Waals surface area (Å²) in [4.78, 5) is 13.8. The van der Waals surface area contributed by atoms with Gasteiger partial charge in [-0.15, -0.1) is 0 Å². The van der Waals surface area contributed by atoms with Crippen molar-refractivity contribution in [3.8, 4) is 0 Å². The van der Waals surface area contributed by atoms with Crippen molar-refractivity contribution in [3.05, 3.63) is 0 Å². The Labute approximate surface area is 92.0 Å². The number of methoxy groups -OCH3 is 1. The lowest BCUT2D eigenvalue weighted by Crippen LogP contribution is -2.37. The lowest BCUT2D eigenvalue weighted by Gasteiger charge is -2.20. The third-order valence-electron chi connectivity index (χ3n) is 2.73. The van der Waals surface area contributed by atoms with Gasteiger partial charge in [0.25, 0.3) is 0 Å². The number of amides is 1. The minimum Gasteiger partial charge on any atom is -0.383 e. The molecule has 1 saturated heterocycles. The van der Waals surface area contributed by atoms with Crippen LogP contribution in [0.25, 0.3) is 0 Å². The first-order chi connectivity index (χ1) is 7.06. The number of hydrogen-bond acceptors (Lipinski definition) is 3. The number of nitrogens with zero attached hydrogens (tertiary/aromatic N) is 1. The van der Waals surface area contributed by atoms with E-state index in [4.69, 9.17) is 4.74 Å². The highest BCUT2D eigenvalue weighted by Gasteiger charge is 2.35. The molecule has 4 nitrogen and oxygen atoms in total. The number of carbonyl (C=O) groups is 1. The van der Waals surface area contributed by atoms with Gasteiger partial charge in [0, 0.05) is 13.7 Å². The Bertz CT molecular complexity index is 219. The monoisotopic (exact) mass is 214 g/mol. The van der Waals surface area contributed by atoms with Gasteiger partial charge in [-0.1, -0.05) is 13.8 Å². The summed E-state index contributed by atoms with van der Waals surface area (Å²) in [7, 11) is 1.66. The summed E-state index contributed by atoms with van der Waals surface area (Å²) in [5.41, 5.74) is 0. The van der Waals surface area contributed by atoms with Gasteiger partial charge in [0.05, 0.1) is 18.8 Å². The normalized spacial score (nSPS) is 26.7. The van der Waals surface area contributed by atoms with Gasteiger partial charge in [0.2, 0.25) is 5.91 Å². The Morgan fingerprint density at radius 3 is 2.73 bits per heavy atom. The van der Waals surface area contributed by atoms with Crippen molar-refractivity contribution in [1.29, 1.82) is 0 Å². The summed E-state index contributed by atoms with van der Waals surface area (Å²) in [6.45, 7) is 7.58. The van der Waals surface area contributed by atoms with Crippen molar-refractivity contribution >= 4 is 5.91 Å². The van der Waals surface area contributed by atoms with E-state index in [1.165, 1.54) is 0 Å². The molecular weight excluding hydrogens is 192 g/mol. The molecule has 1 aliphatic rings. The highest BCUT2D eigenvalue weighted by atomic mass is 16.5. The molecule has 1 rings (SSSR count). The van der Waals surface area contributed by atoms with E-state index in [2.05, 4.69) is 19.2 Å². The molecule has 0 radical (unpaired) electrons. The highest BCUT2D eigenvalue weighted by Crippen LogP contribution is 2.16. The van der Waals surface area contributed by atoms with Crippen molar-refractivity contribution in [2.45, 2.75) is 39.4 Å². The molecule has 1 fully saturated rings. The number of hydrogen-bond donors (Lipinski definition) is 1. The first-order valence-electron chi connectivity index (χ1n) is 5.61. The first kappa shape index (κ1) is 12.5. The largest absolute Gasteiger partial charge is 0.383 e. The molecule has 0 spiro atoms. The Hall–Kier alpha value is -0.610. The van der Waals surface area contributed by atoms with Gasteiger partial charge >= 0.3 is 0 Å². The van der Waals surface area contributed by atoms with Gasteiger partial charge in [0.15, 0.2) is 0 Å². The van der Waals surface area contributed by atoms with E-state index < -0.39 is 0 Å². The molecule has 2 atom stereocenters. The molecule has 1 N–H and O–H groups in total. The topological polar surface area (TPSA) is 41.6 Å². The van der Waals surface area contributed by atoms with Crippen LogP contribution in [-0.4, -0.2) is 43.3 Å². The Balaban J connectivity index is 2.50. The lowest BCUT2D eigenvalue weighted by atomic mass is 10.0. The van der Waals surface area contributed by atoms with Crippen LogP contribution in [0.15, 0.2) is 0 Å². The molecule has 1 heterocycles. The van der Waals surface area contributed by atoms with Crippen molar-refractivity contribution in [1.82, 2.24) is 10.2 Å². The van der Waals surface area contributed by atoms with Crippen LogP contribution in [0.3, 0.4) is 0 Å². The van der Waals surface area contributed by atoms with E-state index in [1.807, 2.05) is 11.8 Å². The second-order valence-corrected chi connectivity index (χ2v) is 4.55. The first-order valence-corrected chi connectivity index (χ1v) is 5.61. The molecule has 0 aromatic carbocycles. The molecule has 2 unspecified atom stereocenters. The van der Waals surface area contributed by atoms with Gasteiger partial charge in [-0.25, -0.2) is 0 Å². The van der Waals surface area contributed by atoms with Gasteiger partial charge in [-0.3, -0.25) is 10.1 Å². The molecule has 1 aliphatic heterocycles. The van der Waals surface area contributed by atoms with Crippen LogP contribution >= 0.6 is 0 Å². The molecule has 15 heavy (non-hydrogen) atoms. The third-order valence-corrected chi connectivity index (χ3v) is 2.73. The molecule has 4 heteroatoms. The number of nitrogens with one attached hydrogen (secondary N) is 1. The SMILES string of the molecule is COCCN1C(=O)C(CC(C)C)NC1C. The maximum Gasteiger partial charge on any atom is 0.241 e. The average Bonchev–Trinajstić information content (AvgIpc) is 2.39. The number of ether oxygens (including phenoxy) is 1. The number of rotatable bonds is 5. The predicted molar refractivity (Wildman–Crippen MR) is 59.4 cm³/mol. The summed E-state index contributed by atoms with van der Waals surface area (Å²) >= 11 is 0. The van der Waals surface area contributed by atoms with Gasteiger partial charge in [-0.05, 0) is 19.3 Å². The van der Waals surface area contributed by atoms with Crippen LogP contribution in [0.5, 0.6) is 0 Å². The lowest BCUT2D eigenvalue weighted by molar-refractivity contribution is -0.130. The summed E-state index contributed by atoms with van der Waals surface area (Å²) in [6, 6.07) is -0.00291. The molecule has 88 valence electrons. The number of carbonyl (C=O) groups excluding carboxylic acids is 1. The third kappa shape index (κ3) is 3.18. The zero-order chi connectivity index (χ0) is 11.4. The fourth-order valence-electron chi connectivity index (χ4n) is 1.98. The maximum absolute atomic E-state index is 12.0. The minimum atomic E-state index is -0.00291. The van der Waals surface area contributed by atoms with Crippen LogP contribution in [0, 0.1) is 5.92 Å². The Kier molecular flexibility index (Phi) is 4.54. The van der Waals surface area contributed by atoms with Crippen LogP contribution in [-0.2, 0) is 9.53 Å². The van der Waals surface area contributed by atoms with Crippen molar-refractivity contribution in [2.75, 3.05) is 20.3 Å². The fraction of sp³-hybridized carbons (Fsp3) is 0.909. The van der Waals surface area contributed by atoms with Crippen LogP contribution in [0.4, 0.5) is 0 Å². The van der Waals surface area contributed by atoms with Crippen LogP contribution in [0.1, 0.15) is 27.2 Å². The molecule has 1 amide bonds. The maximum atomic E-state index is 12.0. The van der Waals surface area contributed by atoms with Crippen LogP contribution in [0.2, 0.25) is 0 Å². The summed E-state index contributed by atoms with van der Waals surface area (Å²) < 4.78 is 5.00. The zero-order valence-electron chi connectivity index (χ0n) is 10.1. The molecular formula is C11H22N2O2. The molecule has 0 aromatic heterocycles. The summed E-state index contributed by atoms with van der Waals surface area (Å²) in [5, 5.41) is 3.31. The molecule has 0 aromatic rings. The van der Waals surface area contributed by atoms with Gasteiger partial charge in [-0.2, -0.15) is 0 Å². The van der Waals surface area contributed by atoms with Gasteiger partial charge in [0.1, 0.15) is 0 Å². The zero-order valence-corrected chi connectivity index (χ0v) is 10.1. The van der Waals surface area contributed by atoms with E-state index in [9.17, 15) is 4.79 Å². The molecule has 0 saturated carbocycles. The standard InChI is InChI=1S/C11H22N2O2/c1-8(2)7-10-11(14)13(5-6-15-4)9(3)12-10/h8-10,12H,5-7H2,1-4H3. The van der Waals surface area contributed by atoms with Crippen molar-refractivity contribution in [2.24, 2.45) is 5.92 Å². The average molecular weight is 214 g/mol. The van der Waals surface area contributed by atoms with E-state index in [-0.39, 0.29) is 18.1 Å². The summed E-state index contributed by atoms with van der Waals surface area (Å²) in [5.74, 6) is 0.759. The van der Waals surface area contributed by atoms with Crippen molar-refractivity contribution < 1.29 is 9.53 Å². The minimum absolute atomic E-state index is 0.00291. The second-order valence-electron chi connectivity index (χ2n) is 4.55. The molecule has 0 aliphatic carbocycles. The second kappa shape index (κ2) is 5.47.